The quantitative estimate of drug-likeness (QED) is 0.0879. The van der Waals surface area contributed by atoms with Crippen molar-refractivity contribution in [2.45, 2.75) is 29.1 Å². The highest BCUT2D eigenvalue weighted by molar-refractivity contribution is 8.01. The summed E-state index contributed by atoms with van der Waals surface area (Å²) in [6.07, 6.45) is 2.34. The van der Waals surface area contributed by atoms with E-state index in [-0.39, 0.29) is 35.4 Å². The van der Waals surface area contributed by atoms with Crippen molar-refractivity contribution in [1.82, 2.24) is 9.97 Å². The van der Waals surface area contributed by atoms with E-state index in [1.807, 2.05) is 30.0 Å². The molecule has 0 bridgehead atoms. The molecule has 44 heavy (non-hydrogen) atoms. The molecule has 1 aliphatic heterocycles. The Morgan fingerprint density at radius 1 is 0.795 bits per heavy atom. The summed E-state index contributed by atoms with van der Waals surface area (Å²) in [5.74, 6) is -2.53. The van der Waals surface area contributed by atoms with Gasteiger partial charge in [0.1, 0.15) is 11.6 Å². The molecule has 6 rings (SSSR count). The fraction of sp³-hybridized carbons (Fsp3) is 0.200. The predicted molar refractivity (Wildman–Crippen MR) is 169 cm³/mol. The summed E-state index contributed by atoms with van der Waals surface area (Å²) in [5, 5.41) is 0.243. The van der Waals surface area contributed by atoms with Gasteiger partial charge in [0.15, 0.2) is 11.6 Å². The highest BCUT2D eigenvalue weighted by Gasteiger charge is 2.43. The van der Waals surface area contributed by atoms with Gasteiger partial charge in [-0.05, 0) is 46.8 Å². The summed E-state index contributed by atoms with van der Waals surface area (Å²) in [5.41, 5.74) is 3.44. The number of halogens is 4. The molecule has 4 nitrogen and oxygen atoms in total. The Hall–Kier alpha value is -3.85. The number of benzene rings is 4. The lowest BCUT2D eigenvalue weighted by molar-refractivity contribution is 0.106. The second-order valence-corrected chi connectivity index (χ2v) is 12.5. The Labute approximate surface area is 263 Å². The van der Waals surface area contributed by atoms with Gasteiger partial charge in [0.05, 0.1) is 24.0 Å². The summed E-state index contributed by atoms with van der Waals surface area (Å²) in [4.78, 5) is 10.7. The van der Waals surface area contributed by atoms with Gasteiger partial charge in [-0.2, -0.15) is 0 Å². The molecule has 9 heteroatoms. The van der Waals surface area contributed by atoms with Crippen molar-refractivity contribution in [3.05, 3.63) is 160 Å². The van der Waals surface area contributed by atoms with Gasteiger partial charge in [-0.3, -0.25) is 0 Å². The van der Waals surface area contributed by atoms with Crippen LogP contribution in [0.3, 0.4) is 0 Å². The van der Waals surface area contributed by atoms with E-state index in [1.165, 1.54) is 0 Å². The van der Waals surface area contributed by atoms with E-state index in [1.54, 1.807) is 12.3 Å². The van der Waals surface area contributed by atoms with Crippen LogP contribution in [-0.2, 0) is 16.1 Å². The minimum atomic E-state index is -1.23. The van der Waals surface area contributed by atoms with Crippen molar-refractivity contribution in [1.29, 1.82) is 0 Å². The standard InChI is InChI=1S/C35H29ClF3N3OS/c36-34-40-17-16-33(41-34)42-21-29(19-28(42)23-43-22-24-18-31(38)32(39)20-30(24)37)44-35(25-10-4-1-5-11-25,26-12-6-2-7-13-26)27-14-8-3-9-15-27/h1-18,20,28-29H,19,21-23H2. The largest absolute Gasteiger partial charge is 0.375 e. The number of rotatable bonds is 10. The maximum absolute atomic E-state index is 14.3. The number of aromatic nitrogens is 2. The van der Waals surface area contributed by atoms with Crippen LogP contribution in [0.15, 0.2) is 115 Å². The van der Waals surface area contributed by atoms with Crippen LogP contribution in [-0.4, -0.2) is 34.4 Å². The molecule has 4 aromatic carbocycles. The molecule has 0 aliphatic carbocycles. The van der Waals surface area contributed by atoms with Gasteiger partial charge in [-0.15, -0.1) is 11.8 Å². The van der Waals surface area contributed by atoms with Crippen molar-refractivity contribution in [2.24, 2.45) is 0 Å². The van der Waals surface area contributed by atoms with Crippen LogP contribution in [0.25, 0.3) is 0 Å². The second kappa shape index (κ2) is 13.4. The Morgan fingerprint density at radius 3 is 1.93 bits per heavy atom. The van der Waals surface area contributed by atoms with Crippen LogP contribution in [0.5, 0.6) is 0 Å². The van der Waals surface area contributed by atoms with Crippen LogP contribution < -0.4 is 4.90 Å². The average Bonchev–Trinajstić information content (AvgIpc) is 3.46. The van der Waals surface area contributed by atoms with E-state index < -0.39 is 22.2 Å². The molecule has 2 heterocycles. The predicted octanol–water partition coefficient (Wildman–Crippen LogP) is 8.44. The fourth-order valence-corrected chi connectivity index (χ4v) is 7.85. The highest BCUT2D eigenvalue weighted by atomic mass is 35.5. The van der Waals surface area contributed by atoms with Crippen molar-refractivity contribution in [3.63, 3.8) is 0 Å². The minimum Gasteiger partial charge on any atom is -0.375 e. The second-order valence-electron chi connectivity index (χ2n) is 10.6. The molecule has 0 amide bonds. The zero-order valence-corrected chi connectivity index (χ0v) is 25.2. The summed E-state index contributed by atoms with van der Waals surface area (Å²) < 4.78 is 47.0. The molecule has 1 fully saturated rings. The SMILES string of the molecule is Fc1cc(F)c(COCC2CC(SC(c3ccccc3)(c3ccccc3)c3ccccc3)CN2c2ccnc(Cl)n2)cc1F. The van der Waals surface area contributed by atoms with E-state index in [9.17, 15) is 13.2 Å². The lowest BCUT2D eigenvalue weighted by atomic mass is 9.84. The Morgan fingerprint density at radius 2 is 1.36 bits per heavy atom. The summed E-state index contributed by atoms with van der Waals surface area (Å²) in [6, 6.07) is 34.5. The van der Waals surface area contributed by atoms with Crippen molar-refractivity contribution < 1.29 is 17.9 Å². The van der Waals surface area contributed by atoms with Gasteiger partial charge < -0.3 is 9.64 Å². The third-order valence-electron chi connectivity index (χ3n) is 7.82. The molecule has 1 aromatic heterocycles. The molecule has 5 aromatic rings. The van der Waals surface area contributed by atoms with Crippen LogP contribution in [0, 0.1) is 17.5 Å². The molecular weight excluding hydrogens is 603 g/mol. The van der Waals surface area contributed by atoms with Crippen LogP contribution in [0.4, 0.5) is 19.0 Å². The van der Waals surface area contributed by atoms with Gasteiger partial charge in [0.2, 0.25) is 5.28 Å². The summed E-state index contributed by atoms with van der Waals surface area (Å²) in [7, 11) is 0. The first-order valence-corrected chi connectivity index (χ1v) is 15.5. The number of ether oxygens (including phenoxy) is 1. The van der Waals surface area contributed by atoms with Gasteiger partial charge in [0, 0.05) is 29.6 Å². The molecule has 2 atom stereocenters. The number of nitrogens with zero attached hydrogens (tertiary/aromatic N) is 3. The lowest BCUT2D eigenvalue weighted by Crippen LogP contribution is -2.34. The van der Waals surface area contributed by atoms with Gasteiger partial charge in [-0.25, -0.2) is 23.1 Å². The van der Waals surface area contributed by atoms with Crippen molar-refractivity contribution >= 4 is 29.2 Å². The van der Waals surface area contributed by atoms with Crippen LogP contribution in [0.2, 0.25) is 5.28 Å². The number of anilines is 1. The number of hydrogen-bond acceptors (Lipinski definition) is 5. The van der Waals surface area contributed by atoms with Crippen LogP contribution in [0.1, 0.15) is 28.7 Å². The Bertz CT molecular complexity index is 1600. The molecule has 2 unspecified atom stereocenters. The van der Waals surface area contributed by atoms with Crippen molar-refractivity contribution in [3.8, 4) is 0 Å². The maximum atomic E-state index is 14.3. The van der Waals surface area contributed by atoms with Gasteiger partial charge in [0.25, 0.3) is 0 Å². The van der Waals surface area contributed by atoms with Crippen molar-refractivity contribution in [2.75, 3.05) is 18.1 Å². The van der Waals surface area contributed by atoms with E-state index in [2.05, 4.69) is 87.7 Å². The Balaban J connectivity index is 1.34. The highest BCUT2D eigenvalue weighted by Crippen LogP contribution is 2.52. The summed E-state index contributed by atoms with van der Waals surface area (Å²) in [6.45, 7) is 0.656. The zero-order chi connectivity index (χ0) is 30.5. The number of thioether (sulfide) groups is 1. The van der Waals surface area contributed by atoms with Gasteiger partial charge in [-0.1, -0.05) is 91.0 Å². The fourth-order valence-electron chi connectivity index (χ4n) is 5.84. The normalized spacial score (nSPS) is 16.8. The first kappa shape index (κ1) is 30.2. The third kappa shape index (κ3) is 6.34. The first-order valence-electron chi connectivity index (χ1n) is 14.2. The third-order valence-corrected chi connectivity index (χ3v) is 9.74. The lowest BCUT2D eigenvalue weighted by Gasteiger charge is -2.37. The molecule has 224 valence electrons. The molecule has 1 saturated heterocycles. The van der Waals surface area contributed by atoms with Gasteiger partial charge >= 0.3 is 0 Å². The molecule has 1 aliphatic rings. The van der Waals surface area contributed by atoms with E-state index in [0.717, 1.165) is 29.2 Å². The first-order chi connectivity index (χ1) is 21.4. The summed E-state index contributed by atoms with van der Waals surface area (Å²) >= 11 is 8.07. The molecular formula is C35H29ClF3N3OS. The van der Waals surface area contributed by atoms with Crippen LogP contribution >= 0.6 is 23.4 Å². The molecule has 0 N–H and O–H groups in total. The van der Waals surface area contributed by atoms with E-state index in [4.69, 9.17) is 16.3 Å². The number of hydrogen-bond donors (Lipinski definition) is 0. The minimum absolute atomic E-state index is 0.0410. The maximum Gasteiger partial charge on any atom is 0.224 e. The topological polar surface area (TPSA) is 38.2 Å². The molecule has 0 spiro atoms. The smallest absolute Gasteiger partial charge is 0.224 e. The zero-order valence-electron chi connectivity index (χ0n) is 23.6. The van der Waals surface area contributed by atoms with E-state index >= 15 is 0 Å². The van der Waals surface area contributed by atoms with E-state index in [0.29, 0.717) is 18.4 Å². The molecule has 0 saturated carbocycles. The Kier molecular flexibility index (Phi) is 9.21. The average molecular weight is 632 g/mol. The monoisotopic (exact) mass is 631 g/mol. The molecule has 0 radical (unpaired) electrons.